The summed E-state index contributed by atoms with van der Waals surface area (Å²) in [6, 6.07) is 0. The molecule has 4 saturated carbocycles. The fourth-order valence-corrected chi connectivity index (χ4v) is 7.05. The van der Waals surface area contributed by atoms with E-state index in [-0.39, 0.29) is 0 Å². The van der Waals surface area contributed by atoms with Crippen LogP contribution in [0.5, 0.6) is 0 Å². The van der Waals surface area contributed by atoms with Crippen molar-refractivity contribution < 1.29 is 0 Å². The number of hydrogen-bond donors (Lipinski definition) is 0. The first kappa shape index (κ1) is 13.0. The van der Waals surface area contributed by atoms with Crippen LogP contribution in [0, 0.1) is 17.8 Å². The number of fused-ring (bicyclic) bond motifs is 1. The maximum atomic E-state index is 4.76. The molecule has 4 bridgehead atoms. The van der Waals surface area contributed by atoms with Gasteiger partial charge in [-0.2, -0.15) is 0 Å². The Kier molecular flexibility index (Phi) is 2.93. The molecule has 1 aromatic rings. The summed E-state index contributed by atoms with van der Waals surface area (Å²) in [6.07, 6.45) is 12.8. The number of rotatable bonds is 1. The minimum Gasteiger partial charge on any atom is -0.306 e. The van der Waals surface area contributed by atoms with E-state index in [4.69, 9.17) is 5.10 Å². The largest absolute Gasteiger partial charge is 0.306 e. The Morgan fingerprint density at radius 3 is 2.33 bits per heavy atom. The lowest BCUT2D eigenvalue weighted by molar-refractivity contribution is -0.0114. The van der Waals surface area contributed by atoms with E-state index in [0.29, 0.717) is 5.41 Å². The van der Waals surface area contributed by atoms with Crippen molar-refractivity contribution in [2.45, 2.75) is 74.9 Å². The Hall–Kier alpha value is -0.510. The Balaban J connectivity index is 1.55. The SMILES string of the molecule is C1CCSc2nnc(C34CC5CC(CC(C5)C3)C4)n2CC1. The van der Waals surface area contributed by atoms with Crippen molar-refractivity contribution in [3.63, 3.8) is 0 Å². The summed E-state index contributed by atoms with van der Waals surface area (Å²) in [5.41, 5.74) is 0.403. The van der Waals surface area contributed by atoms with E-state index in [1.807, 2.05) is 11.8 Å². The smallest absolute Gasteiger partial charge is 0.191 e. The van der Waals surface area contributed by atoms with Crippen LogP contribution >= 0.6 is 11.8 Å². The lowest BCUT2D eigenvalue weighted by Gasteiger charge is -2.56. The maximum absolute atomic E-state index is 4.76. The van der Waals surface area contributed by atoms with Gasteiger partial charge in [-0.15, -0.1) is 10.2 Å². The highest BCUT2D eigenvalue weighted by atomic mass is 32.2. The van der Waals surface area contributed by atoms with E-state index in [0.717, 1.165) is 24.3 Å². The third kappa shape index (κ3) is 2.01. The van der Waals surface area contributed by atoms with Crippen LogP contribution in [0.4, 0.5) is 0 Å². The first-order chi connectivity index (χ1) is 10.3. The summed E-state index contributed by atoms with van der Waals surface area (Å²) >= 11 is 1.94. The molecule has 21 heavy (non-hydrogen) atoms. The van der Waals surface area contributed by atoms with Crippen LogP contribution in [0.25, 0.3) is 0 Å². The molecule has 3 nitrogen and oxygen atoms in total. The molecule has 0 spiro atoms. The van der Waals surface area contributed by atoms with Gasteiger partial charge >= 0.3 is 0 Å². The highest BCUT2D eigenvalue weighted by molar-refractivity contribution is 7.99. The standard InChI is InChI=1S/C17H25N3S/c1-2-4-20-15(18-19-16(20)21-5-3-1)17-9-12-6-13(10-17)8-14(7-12)11-17/h12-14H,1-11H2. The van der Waals surface area contributed by atoms with E-state index in [2.05, 4.69) is 9.67 Å². The highest BCUT2D eigenvalue weighted by Gasteiger charge is 2.53. The quantitative estimate of drug-likeness (QED) is 0.785. The molecule has 5 aliphatic rings. The minimum atomic E-state index is 0.403. The zero-order chi connectivity index (χ0) is 13.9. The van der Waals surface area contributed by atoms with Gasteiger partial charge in [0.2, 0.25) is 0 Å². The van der Waals surface area contributed by atoms with E-state index >= 15 is 0 Å². The highest BCUT2D eigenvalue weighted by Crippen LogP contribution is 2.60. The average molecular weight is 303 g/mol. The summed E-state index contributed by atoms with van der Waals surface area (Å²) in [5, 5.41) is 10.6. The van der Waals surface area contributed by atoms with Crippen molar-refractivity contribution in [2.75, 3.05) is 5.75 Å². The van der Waals surface area contributed by atoms with Gasteiger partial charge in [-0.1, -0.05) is 18.2 Å². The van der Waals surface area contributed by atoms with Crippen molar-refractivity contribution in [3.8, 4) is 0 Å². The van der Waals surface area contributed by atoms with Gasteiger partial charge in [0, 0.05) is 17.7 Å². The zero-order valence-electron chi connectivity index (χ0n) is 12.8. The molecule has 0 N–H and O–H groups in total. The van der Waals surface area contributed by atoms with Gasteiger partial charge in [-0.25, -0.2) is 0 Å². The zero-order valence-corrected chi connectivity index (χ0v) is 13.6. The molecule has 1 aliphatic heterocycles. The van der Waals surface area contributed by atoms with Gasteiger partial charge < -0.3 is 4.57 Å². The fourth-order valence-electron chi connectivity index (χ4n) is 6.09. The molecule has 4 heteroatoms. The second-order valence-electron chi connectivity index (χ2n) is 8.06. The molecule has 0 saturated heterocycles. The van der Waals surface area contributed by atoms with E-state index in [9.17, 15) is 0 Å². The molecule has 0 atom stereocenters. The van der Waals surface area contributed by atoms with Gasteiger partial charge in [0.05, 0.1) is 0 Å². The molecule has 0 unspecified atom stereocenters. The van der Waals surface area contributed by atoms with Crippen LogP contribution in [-0.4, -0.2) is 20.5 Å². The molecule has 2 heterocycles. The third-order valence-electron chi connectivity index (χ3n) is 6.49. The molecule has 114 valence electrons. The molecular formula is C17H25N3S. The Bertz CT molecular complexity index is 515. The second kappa shape index (κ2) is 4.74. The summed E-state index contributed by atoms with van der Waals surface area (Å²) < 4.78 is 2.52. The predicted octanol–water partition coefficient (Wildman–Crippen LogP) is 4.02. The van der Waals surface area contributed by atoms with Crippen LogP contribution < -0.4 is 0 Å². The Morgan fingerprint density at radius 1 is 0.905 bits per heavy atom. The van der Waals surface area contributed by atoms with Crippen molar-refractivity contribution in [1.82, 2.24) is 14.8 Å². The molecule has 0 amide bonds. The summed E-state index contributed by atoms with van der Waals surface area (Å²) in [4.78, 5) is 0. The maximum Gasteiger partial charge on any atom is 0.191 e. The number of thioether (sulfide) groups is 1. The predicted molar refractivity (Wildman–Crippen MR) is 84.4 cm³/mol. The van der Waals surface area contributed by atoms with Crippen LogP contribution in [-0.2, 0) is 12.0 Å². The van der Waals surface area contributed by atoms with Gasteiger partial charge in [-0.3, -0.25) is 0 Å². The van der Waals surface area contributed by atoms with E-state index in [1.165, 1.54) is 74.5 Å². The summed E-state index contributed by atoms with van der Waals surface area (Å²) in [5.74, 6) is 5.58. The lowest BCUT2D eigenvalue weighted by Crippen LogP contribution is -2.49. The normalized spacial score (nSPS) is 41.6. The van der Waals surface area contributed by atoms with E-state index < -0.39 is 0 Å². The first-order valence-corrected chi connectivity index (χ1v) is 9.87. The molecule has 0 radical (unpaired) electrons. The van der Waals surface area contributed by atoms with Crippen molar-refractivity contribution in [3.05, 3.63) is 5.82 Å². The van der Waals surface area contributed by atoms with Crippen LogP contribution in [0.15, 0.2) is 5.16 Å². The molecule has 4 aliphatic carbocycles. The lowest BCUT2D eigenvalue weighted by atomic mass is 9.49. The fraction of sp³-hybridized carbons (Fsp3) is 0.882. The first-order valence-electron chi connectivity index (χ1n) is 8.89. The summed E-state index contributed by atoms with van der Waals surface area (Å²) in [7, 11) is 0. The number of aromatic nitrogens is 3. The monoisotopic (exact) mass is 303 g/mol. The molecule has 1 aromatic heterocycles. The van der Waals surface area contributed by atoms with Gasteiger partial charge in [-0.05, 0) is 69.1 Å². The Labute approximate surface area is 131 Å². The van der Waals surface area contributed by atoms with Gasteiger partial charge in [0.1, 0.15) is 5.82 Å². The molecule has 4 fully saturated rings. The molecule has 6 rings (SSSR count). The second-order valence-corrected chi connectivity index (χ2v) is 9.13. The third-order valence-corrected chi connectivity index (χ3v) is 7.54. The number of hydrogen-bond acceptors (Lipinski definition) is 3. The summed E-state index contributed by atoms with van der Waals surface area (Å²) in [6.45, 7) is 1.16. The minimum absolute atomic E-state index is 0.403. The van der Waals surface area contributed by atoms with Crippen molar-refractivity contribution in [1.29, 1.82) is 0 Å². The number of nitrogens with zero attached hydrogens (tertiary/aromatic N) is 3. The van der Waals surface area contributed by atoms with Crippen molar-refractivity contribution >= 4 is 11.8 Å². The van der Waals surface area contributed by atoms with Crippen LogP contribution in [0.2, 0.25) is 0 Å². The average Bonchev–Trinajstić information content (AvgIpc) is 2.79. The van der Waals surface area contributed by atoms with Crippen LogP contribution in [0.3, 0.4) is 0 Å². The van der Waals surface area contributed by atoms with Crippen molar-refractivity contribution in [2.24, 2.45) is 17.8 Å². The molecular weight excluding hydrogens is 278 g/mol. The van der Waals surface area contributed by atoms with Gasteiger partial charge in [0.15, 0.2) is 5.16 Å². The molecule has 0 aromatic carbocycles. The van der Waals surface area contributed by atoms with Gasteiger partial charge in [0.25, 0.3) is 0 Å². The Morgan fingerprint density at radius 2 is 1.62 bits per heavy atom. The topological polar surface area (TPSA) is 30.7 Å². The van der Waals surface area contributed by atoms with Crippen LogP contribution in [0.1, 0.15) is 63.6 Å². The van der Waals surface area contributed by atoms with E-state index in [1.54, 1.807) is 0 Å².